The number of amidine groups is 1. The van der Waals surface area contributed by atoms with Gasteiger partial charge in [-0.3, -0.25) is 0 Å². The van der Waals surface area contributed by atoms with Crippen molar-refractivity contribution < 1.29 is 0 Å². The number of fused-ring (bicyclic) bond motifs is 1. The van der Waals surface area contributed by atoms with Crippen LogP contribution in [0.2, 0.25) is 0 Å². The average Bonchev–Trinajstić information content (AvgIpc) is 2.69. The summed E-state index contributed by atoms with van der Waals surface area (Å²) in [5.74, 6) is 0.600. The van der Waals surface area contributed by atoms with E-state index >= 15 is 0 Å². The van der Waals surface area contributed by atoms with Gasteiger partial charge in [0.2, 0.25) is 0 Å². The third kappa shape index (κ3) is 1.74. The van der Waals surface area contributed by atoms with E-state index in [9.17, 15) is 0 Å². The molecule has 0 atom stereocenters. The number of nitrogens with zero attached hydrogens (tertiary/aromatic N) is 1. The Kier molecular flexibility index (Phi) is 2.26. The molecule has 0 fully saturated rings. The highest BCUT2D eigenvalue weighted by Gasteiger charge is 2.16. The van der Waals surface area contributed by atoms with E-state index in [1.165, 1.54) is 0 Å². The molecule has 0 radical (unpaired) electrons. The van der Waals surface area contributed by atoms with Crippen LogP contribution in [0.15, 0.2) is 59.6 Å². The number of hydrogen-bond acceptors (Lipinski definition) is 2. The highest BCUT2D eigenvalue weighted by atomic mass is 14.9. The summed E-state index contributed by atoms with van der Waals surface area (Å²) in [5.41, 5.74) is 10.1. The van der Waals surface area contributed by atoms with E-state index in [0.29, 0.717) is 5.84 Å². The van der Waals surface area contributed by atoms with Crippen molar-refractivity contribution >= 4 is 17.6 Å². The molecule has 0 aliphatic carbocycles. The molecular formula is C15H12N2. The van der Waals surface area contributed by atoms with Crippen molar-refractivity contribution in [1.29, 1.82) is 0 Å². The molecule has 2 aromatic carbocycles. The zero-order valence-corrected chi connectivity index (χ0v) is 9.30. The van der Waals surface area contributed by atoms with E-state index in [-0.39, 0.29) is 0 Å². The molecule has 1 heterocycles. The van der Waals surface area contributed by atoms with Crippen LogP contribution in [-0.2, 0) is 0 Å². The molecular weight excluding hydrogens is 208 g/mol. The quantitative estimate of drug-likeness (QED) is 0.788. The fourth-order valence-electron chi connectivity index (χ4n) is 2.00. The minimum Gasteiger partial charge on any atom is -0.383 e. The molecule has 0 bridgehead atoms. The van der Waals surface area contributed by atoms with Crippen LogP contribution in [0.3, 0.4) is 0 Å². The summed E-state index contributed by atoms with van der Waals surface area (Å²) in [5, 5.41) is 0. The molecule has 2 aromatic rings. The third-order valence-corrected chi connectivity index (χ3v) is 2.82. The first-order chi connectivity index (χ1) is 8.34. The highest BCUT2D eigenvalue weighted by molar-refractivity contribution is 6.11. The Morgan fingerprint density at radius 2 is 1.47 bits per heavy atom. The Bertz CT molecular complexity index is 610. The van der Waals surface area contributed by atoms with Gasteiger partial charge in [0, 0.05) is 11.1 Å². The third-order valence-electron chi connectivity index (χ3n) is 2.82. The molecule has 0 saturated heterocycles. The zero-order chi connectivity index (χ0) is 11.7. The van der Waals surface area contributed by atoms with Crippen molar-refractivity contribution in [1.82, 2.24) is 0 Å². The number of hydrogen-bond donors (Lipinski definition) is 1. The molecule has 0 aromatic heterocycles. The van der Waals surface area contributed by atoms with Crippen molar-refractivity contribution in [3.05, 3.63) is 71.3 Å². The topological polar surface area (TPSA) is 38.4 Å². The normalized spacial score (nSPS) is 15.8. The highest BCUT2D eigenvalue weighted by Crippen LogP contribution is 2.28. The lowest BCUT2D eigenvalue weighted by Gasteiger charge is -1.99. The van der Waals surface area contributed by atoms with E-state index in [1.54, 1.807) is 0 Å². The molecule has 1 aliphatic rings. The second-order valence-corrected chi connectivity index (χ2v) is 3.98. The largest absolute Gasteiger partial charge is 0.383 e. The average molecular weight is 220 g/mol. The molecule has 2 heteroatoms. The van der Waals surface area contributed by atoms with Crippen molar-refractivity contribution in [2.75, 3.05) is 0 Å². The van der Waals surface area contributed by atoms with E-state index in [0.717, 1.165) is 22.4 Å². The van der Waals surface area contributed by atoms with Crippen molar-refractivity contribution in [2.24, 2.45) is 10.7 Å². The Morgan fingerprint density at radius 3 is 2.24 bits per heavy atom. The van der Waals surface area contributed by atoms with Gasteiger partial charge in [0.05, 0.1) is 5.70 Å². The number of benzene rings is 2. The maximum Gasteiger partial charge on any atom is 0.132 e. The Balaban J connectivity index is 2.10. The van der Waals surface area contributed by atoms with Crippen LogP contribution in [-0.4, -0.2) is 5.84 Å². The number of aliphatic imine (C=N–C) groups is 1. The lowest BCUT2D eigenvalue weighted by atomic mass is 10.1. The SMILES string of the molecule is NC1=N/C(=C/c2ccccc2)c2ccccc21. The first kappa shape index (κ1) is 9.85. The molecule has 3 rings (SSSR count). The van der Waals surface area contributed by atoms with Gasteiger partial charge < -0.3 is 5.73 Å². The molecule has 1 aliphatic heterocycles. The maximum atomic E-state index is 5.90. The van der Waals surface area contributed by atoms with Gasteiger partial charge in [-0.1, -0.05) is 54.6 Å². The molecule has 2 N–H and O–H groups in total. The predicted molar refractivity (Wildman–Crippen MR) is 71.5 cm³/mol. The van der Waals surface area contributed by atoms with Gasteiger partial charge in [-0.05, 0) is 11.6 Å². The Hall–Kier alpha value is -2.35. The van der Waals surface area contributed by atoms with E-state index in [2.05, 4.69) is 23.2 Å². The summed E-state index contributed by atoms with van der Waals surface area (Å²) in [4.78, 5) is 4.41. The van der Waals surface area contributed by atoms with Gasteiger partial charge in [-0.15, -0.1) is 0 Å². The molecule has 0 saturated carbocycles. The molecule has 2 nitrogen and oxygen atoms in total. The summed E-state index contributed by atoms with van der Waals surface area (Å²) in [7, 11) is 0. The standard InChI is InChI=1S/C15H12N2/c16-15-13-9-5-4-8-12(13)14(17-15)10-11-6-2-1-3-7-11/h1-10H,(H2,16,17)/b14-10+. The van der Waals surface area contributed by atoms with Crippen LogP contribution in [0, 0.1) is 0 Å². The molecule has 0 spiro atoms. The van der Waals surface area contributed by atoms with Crippen LogP contribution in [0.5, 0.6) is 0 Å². The zero-order valence-electron chi connectivity index (χ0n) is 9.30. The Labute approximate surface area is 100 Å². The lowest BCUT2D eigenvalue weighted by molar-refractivity contribution is 1.57. The fourth-order valence-corrected chi connectivity index (χ4v) is 2.00. The van der Waals surface area contributed by atoms with E-state index in [1.807, 2.05) is 42.5 Å². The van der Waals surface area contributed by atoms with Crippen molar-refractivity contribution in [2.45, 2.75) is 0 Å². The lowest BCUT2D eigenvalue weighted by Crippen LogP contribution is -2.09. The first-order valence-electron chi connectivity index (χ1n) is 5.55. The molecule has 82 valence electrons. The number of rotatable bonds is 1. The summed E-state index contributed by atoms with van der Waals surface area (Å²) in [6.45, 7) is 0. The van der Waals surface area contributed by atoms with Crippen molar-refractivity contribution in [3.8, 4) is 0 Å². The molecule has 17 heavy (non-hydrogen) atoms. The summed E-state index contributed by atoms with van der Waals surface area (Å²) < 4.78 is 0. The van der Waals surface area contributed by atoms with Crippen LogP contribution in [0.25, 0.3) is 11.8 Å². The van der Waals surface area contributed by atoms with Crippen LogP contribution >= 0.6 is 0 Å². The summed E-state index contributed by atoms with van der Waals surface area (Å²) >= 11 is 0. The van der Waals surface area contributed by atoms with Gasteiger partial charge >= 0.3 is 0 Å². The van der Waals surface area contributed by atoms with Gasteiger partial charge in [0.25, 0.3) is 0 Å². The van der Waals surface area contributed by atoms with Gasteiger partial charge in [-0.25, -0.2) is 4.99 Å². The van der Waals surface area contributed by atoms with Gasteiger partial charge in [0.15, 0.2) is 0 Å². The van der Waals surface area contributed by atoms with E-state index < -0.39 is 0 Å². The summed E-state index contributed by atoms with van der Waals surface area (Å²) in [6.07, 6.45) is 2.05. The molecule has 0 amide bonds. The smallest absolute Gasteiger partial charge is 0.132 e. The van der Waals surface area contributed by atoms with Crippen LogP contribution < -0.4 is 5.73 Å². The van der Waals surface area contributed by atoms with Gasteiger partial charge in [0.1, 0.15) is 5.84 Å². The second-order valence-electron chi connectivity index (χ2n) is 3.98. The van der Waals surface area contributed by atoms with Crippen LogP contribution in [0.4, 0.5) is 0 Å². The fraction of sp³-hybridized carbons (Fsp3) is 0. The monoisotopic (exact) mass is 220 g/mol. The summed E-state index contributed by atoms with van der Waals surface area (Å²) in [6, 6.07) is 18.2. The van der Waals surface area contributed by atoms with E-state index in [4.69, 9.17) is 5.73 Å². The van der Waals surface area contributed by atoms with Crippen LogP contribution in [0.1, 0.15) is 16.7 Å². The number of nitrogens with two attached hydrogens (primary N) is 1. The maximum absolute atomic E-state index is 5.90. The Morgan fingerprint density at radius 1 is 0.824 bits per heavy atom. The predicted octanol–water partition coefficient (Wildman–Crippen LogP) is 2.90. The van der Waals surface area contributed by atoms with Crippen molar-refractivity contribution in [3.63, 3.8) is 0 Å². The van der Waals surface area contributed by atoms with Gasteiger partial charge in [-0.2, -0.15) is 0 Å². The minimum absolute atomic E-state index is 0.600. The first-order valence-corrected chi connectivity index (χ1v) is 5.55. The second kappa shape index (κ2) is 3.91. The molecule has 0 unspecified atom stereocenters. The minimum atomic E-state index is 0.600.